The van der Waals surface area contributed by atoms with E-state index in [1.807, 2.05) is 18.2 Å². The molecule has 1 aromatic heterocycles. The molecular weight excluding hydrogens is 333 g/mol. The van der Waals surface area contributed by atoms with Crippen LogP contribution in [0.4, 0.5) is 10.2 Å². The lowest BCUT2D eigenvalue weighted by atomic mass is 10.2. The Morgan fingerprint density at radius 3 is 2.76 bits per heavy atom. The highest BCUT2D eigenvalue weighted by molar-refractivity contribution is 9.10. The molecule has 0 aliphatic heterocycles. The molecule has 0 radical (unpaired) electrons. The molecule has 0 aliphatic carbocycles. The van der Waals surface area contributed by atoms with Crippen molar-refractivity contribution in [2.24, 2.45) is 0 Å². The highest BCUT2D eigenvalue weighted by Crippen LogP contribution is 2.15. The molecule has 1 aromatic carbocycles. The molecule has 5 heteroatoms. The molecule has 0 aliphatic rings. The monoisotopic (exact) mass is 351 g/mol. The molecule has 0 unspecified atom stereocenters. The molecule has 21 heavy (non-hydrogen) atoms. The minimum atomic E-state index is -0.331. The molecule has 2 aromatic rings. The Morgan fingerprint density at radius 2 is 2.05 bits per heavy atom. The topological polar surface area (TPSA) is 28.2 Å². The maximum Gasteiger partial charge on any atom is 0.166 e. The van der Waals surface area contributed by atoms with Gasteiger partial charge in [-0.1, -0.05) is 30.3 Å². The van der Waals surface area contributed by atoms with Crippen LogP contribution in [0.2, 0.25) is 0 Å². The zero-order valence-corrected chi connectivity index (χ0v) is 13.6. The lowest BCUT2D eigenvalue weighted by molar-refractivity contribution is 0.325. The van der Waals surface area contributed by atoms with E-state index in [9.17, 15) is 4.39 Å². The van der Waals surface area contributed by atoms with Gasteiger partial charge in [0.05, 0.1) is 0 Å². The van der Waals surface area contributed by atoms with Gasteiger partial charge in [-0.3, -0.25) is 0 Å². The summed E-state index contributed by atoms with van der Waals surface area (Å²) in [6.45, 7) is 2.57. The van der Waals surface area contributed by atoms with Crippen LogP contribution in [0.15, 0.2) is 47.1 Å². The average molecular weight is 352 g/mol. The Hall–Kier alpha value is -1.46. The second-order valence-corrected chi connectivity index (χ2v) is 5.90. The predicted octanol–water partition coefficient (Wildman–Crippen LogP) is 3.92. The largest absolute Gasteiger partial charge is 0.368 e. The normalized spacial score (nSPS) is 10.9. The van der Waals surface area contributed by atoms with Gasteiger partial charge in [0.2, 0.25) is 0 Å². The number of benzene rings is 1. The summed E-state index contributed by atoms with van der Waals surface area (Å²) in [5.74, 6) is -0.0223. The lowest BCUT2D eigenvalue weighted by Gasteiger charge is -2.17. The second-order valence-electron chi connectivity index (χ2n) is 4.99. The van der Waals surface area contributed by atoms with E-state index in [2.05, 4.69) is 50.3 Å². The molecule has 1 N–H and O–H groups in total. The summed E-state index contributed by atoms with van der Waals surface area (Å²) in [5, 5.41) is 3.03. The summed E-state index contributed by atoms with van der Waals surface area (Å²) in [4.78, 5) is 6.27. The molecule has 3 nitrogen and oxygen atoms in total. The van der Waals surface area contributed by atoms with E-state index < -0.39 is 0 Å². The number of hydrogen-bond acceptors (Lipinski definition) is 3. The summed E-state index contributed by atoms with van der Waals surface area (Å²) in [6.07, 6.45) is 2.52. The Kier molecular flexibility index (Phi) is 6.14. The van der Waals surface area contributed by atoms with Crippen LogP contribution in [-0.2, 0) is 6.54 Å². The third-order valence-electron chi connectivity index (χ3n) is 3.11. The third kappa shape index (κ3) is 5.44. The fraction of sp³-hybridized carbons (Fsp3) is 0.312. The smallest absolute Gasteiger partial charge is 0.166 e. The second kappa shape index (κ2) is 8.10. The first-order chi connectivity index (χ1) is 10.1. The number of anilines is 1. The maximum absolute atomic E-state index is 13.6. The number of nitrogens with zero attached hydrogens (tertiary/aromatic N) is 2. The molecule has 0 saturated heterocycles. The highest BCUT2D eigenvalue weighted by atomic mass is 79.9. The van der Waals surface area contributed by atoms with Gasteiger partial charge < -0.3 is 10.2 Å². The quantitative estimate of drug-likeness (QED) is 0.766. The van der Waals surface area contributed by atoms with Gasteiger partial charge in [-0.2, -0.15) is 0 Å². The number of aromatic nitrogens is 1. The van der Waals surface area contributed by atoms with E-state index in [-0.39, 0.29) is 5.82 Å². The standard InChI is InChI=1S/C16H19BrFN3/c1-21(12-13-6-3-2-4-7-13)9-5-8-19-16-15(18)10-14(17)11-20-16/h2-4,6-7,10-11H,5,8-9,12H2,1H3,(H,19,20). The third-order valence-corrected chi connectivity index (χ3v) is 3.55. The number of nitrogens with one attached hydrogen (secondary N) is 1. The van der Waals surface area contributed by atoms with E-state index in [1.54, 1.807) is 6.20 Å². The Balaban J connectivity index is 1.69. The van der Waals surface area contributed by atoms with Gasteiger partial charge in [-0.05, 0) is 47.6 Å². The zero-order valence-electron chi connectivity index (χ0n) is 12.0. The first-order valence-electron chi connectivity index (χ1n) is 6.92. The fourth-order valence-electron chi connectivity index (χ4n) is 2.07. The average Bonchev–Trinajstić information content (AvgIpc) is 2.46. The van der Waals surface area contributed by atoms with Gasteiger partial charge >= 0.3 is 0 Å². The molecule has 0 atom stereocenters. The Labute approximate surface area is 133 Å². The minimum Gasteiger partial charge on any atom is -0.368 e. The summed E-state index contributed by atoms with van der Waals surface area (Å²) in [7, 11) is 2.09. The SMILES string of the molecule is CN(CCCNc1ncc(Br)cc1F)Cc1ccccc1. The maximum atomic E-state index is 13.6. The van der Waals surface area contributed by atoms with Gasteiger partial charge in [0, 0.05) is 23.8 Å². The van der Waals surface area contributed by atoms with Crippen molar-refractivity contribution >= 4 is 21.7 Å². The number of rotatable bonds is 7. The van der Waals surface area contributed by atoms with Crippen LogP contribution in [0.5, 0.6) is 0 Å². The van der Waals surface area contributed by atoms with Crippen molar-refractivity contribution < 1.29 is 4.39 Å². The summed E-state index contributed by atoms with van der Waals surface area (Å²) in [6, 6.07) is 11.8. The van der Waals surface area contributed by atoms with E-state index in [4.69, 9.17) is 0 Å². The molecule has 2 rings (SSSR count). The molecule has 0 fully saturated rings. The van der Waals surface area contributed by atoms with E-state index in [0.29, 0.717) is 16.8 Å². The van der Waals surface area contributed by atoms with Crippen molar-refractivity contribution in [2.75, 3.05) is 25.5 Å². The van der Waals surface area contributed by atoms with Gasteiger partial charge in [0.1, 0.15) is 0 Å². The fourth-order valence-corrected chi connectivity index (χ4v) is 2.38. The van der Waals surface area contributed by atoms with Crippen molar-refractivity contribution in [1.29, 1.82) is 0 Å². The molecular formula is C16H19BrFN3. The van der Waals surface area contributed by atoms with Crippen LogP contribution in [0, 0.1) is 5.82 Å². The molecule has 1 heterocycles. The van der Waals surface area contributed by atoms with Crippen LogP contribution >= 0.6 is 15.9 Å². The molecule has 0 saturated carbocycles. The van der Waals surface area contributed by atoms with Crippen molar-refractivity contribution in [3.05, 3.63) is 58.4 Å². The summed E-state index contributed by atoms with van der Waals surface area (Å²) < 4.78 is 14.2. The number of pyridine rings is 1. The van der Waals surface area contributed by atoms with Crippen molar-refractivity contribution in [3.63, 3.8) is 0 Å². The van der Waals surface area contributed by atoms with Gasteiger partial charge in [-0.15, -0.1) is 0 Å². The van der Waals surface area contributed by atoms with Crippen LogP contribution in [0.25, 0.3) is 0 Å². The first kappa shape index (κ1) is 15.9. The molecule has 0 spiro atoms. The van der Waals surface area contributed by atoms with Crippen molar-refractivity contribution in [3.8, 4) is 0 Å². The van der Waals surface area contributed by atoms with E-state index in [1.165, 1.54) is 11.6 Å². The van der Waals surface area contributed by atoms with Crippen molar-refractivity contribution in [2.45, 2.75) is 13.0 Å². The van der Waals surface area contributed by atoms with Crippen molar-refractivity contribution in [1.82, 2.24) is 9.88 Å². The molecule has 0 amide bonds. The van der Waals surface area contributed by atoms with E-state index in [0.717, 1.165) is 19.5 Å². The Morgan fingerprint density at radius 1 is 1.29 bits per heavy atom. The van der Waals surface area contributed by atoms with Gasteiger partial charge in [0.25, 0.3) is 0 Å². The van der Waals surface area contributed by atoms with Gasteiger partial charge in [-0.25, -0.2) is 9.37 Å². The molecule has 0 bridgehead atoms. The van der Waals surface area contributed by atoms with E-state index >= 15 is 0 Å². The predicted molar refractivity (Wildman–Crippen MR) is 87.8 cm³/mol. The zero-order chi connectivity index (χ0) is 15.1. The van der Waals surface area contributed by atoms with Gasteiger partial charge in [0.15, 0.2) is 11.6 Å². The molecule has 112 valence electrons. The van der Waals surface area contributed by atoms with Crippen LogP contribution in [-0.4, -0.2) is 30.0 Å². The Bertz CT molecular complexity index is 563. The minimum absolute atomic E-state index is 0.309. The highest BCUT2D eigenvalue weighted by Gasteiger charge is 2.04. The summed E-state index contributed by atoms with van der Waals surface area (Å²) >= 11 is 3.19. The number of halogens is 2. The lowest BCUT2D eigenvalue weighted by Crippen LogP contribution is -2.21. The van der Waals surface area contributed by atoms with Crippen LogP contribution in [0.3, 0.4) is 0 Å². The number of hydrogen-bond donors (Lipinski definition) is 1. The summed E-state index contributed by atoms with van der Waals surface area (Å²) in [5.41, 5.74) is 1.30. The van der Waals surface area contributed by atoms with Crippen LogP contribution in [0.1, 0.15) is 12.0 Å². The van der Waals surface area contributed by atoms with Crippen LogP contribution < -0.4 is 5.32 Å². The first-order valence-corrected chi connectivity index (χ1v) is 7.72.